The van der Waals surface area contributed by atoms with Crippen molar-refractivity contribution in [3.8, 4) is 0 Å². The van der Waals surface area contributed by atoms with E-state index < -0.39 is 0 Å². The Labute approximate surface area is 99.9 Å². The van der Waals surface area contributed by atoms with E-state index in [2.05, 4.69) is 5.32 Å². The molecule has 17 heavy (non-hydrogen) atoms. The second-order valence-electron chi connectivity index (χ2n) is 3.50. The number of esters is 1. The van der Waals surface area contributed by atoms with Crippen LogP contribution in [0.4, 0.5) is 0 Å². The molecule has 0 radical (unpaired) electrons. The van der Waals surface area contributed by atoms with Gasteiger partial charge < -0.3 is 15.8 Å². The molecule has 0 unspecified atom stereocenters. The molecule has 0 aliphatic rings. The summed E-state index contributed by atoms with van der Waals surface area (Å²) in [5.74, 6) is -0.549. The summed E-state index contributed by atoms with van der Waals surface area (Å²) in [6.45, 7) is 2.26. The van der Waals surface area contributed by atoms with E-state index in [1.807, 2.05) is 0 Å². The molecule has 0 aliphatic heterocycles. The molecule has 0 aliphatic carbocycles. The molecule has 0 bridgehead atoms. The monoisotopic (exact) mass is 236 g/mol. The molecule has 1 amide bonds. The van der Waals surface area contributed by atoms with Crippen LogP contribution in [0.15, 0.2) is 24.3 Å². The SMILES string of the molecule is CC(=O)OCCNC(=O)c1ccc(CN)cc1. The summed E-state index contributed by atoms with van der Waals surface area (Å²) in [7, 11) is 0. The highest BCUT2D eigenvalue weighted by Gasteiger charge is 2.04. The summed E-state index contributed by atoms with van der Waals surface area (Å²) in [4.78, 5) is 22.1. The van der Waals surface area contributed by atoms with Crippen LogP contribution in [0, 0.1) is 0 Å². The van der Waals surface area contributed by atoms with Crippen molar-refractivity contribution in [1.29, 1.82) is 0 Å². The van der Waals surface area contributed by atoms with E-state index in [1.165, 1.54) is 6.92 Å². The van der Waals surface area contributed by atoms with Crippen LogP contribution in [0.3, 0.4) is 0 Å². The highest BCUT2D eigenvalue weighted by Crippen LogP contribution is 2.03. The van der Waals surface area contributed by atoms with Crippen LogP contribution < -0.4 is 11.1 Å². The molecule has 92 valence electrons. The number of ether oxygens (including phenoxy) is 1. The molecule has 5 heteroatoms. The average molecular weight is 236 g/mol. The van der Waals surface area contributed by atoms with Crippen molar-refractivity contribution in [3.05, 3.63) is 35.4 Å². The summed E-state index contributed by atoms with van der Waals surface area (Å²) in [6, 6.07) is 7.04. The Morgan fingerprint density at radius 1 is 1.29 bits per heavy atom. The zero-order valence-electron chi connectivity index (χ0n) is 9.73. The summed E-state index contributed by atoms with van der Waals surface area (Å²) in [6.07, 6.45) is 0. The first-order valence-corrected chi connectivity index (χ1v) is 5.34. The normalized spacial score (nSPS) is 9.76. The zero-order chi connectivity index (χ0) is 12.7. The summed E-state index contributed by atoms with van der Waals surface area (Å²) >= 11 is 0. The Kier molecular flexibility index (Phi) is 5.16. The van der Waals surface area contributed by atoms with Gasteiger partial charge >= 0.3 is 5.97 Å². The molecule has 1 aromatic carbocycles. The minimum atomic E-state index is -0.355. The number of hydrogen-bond donors (Lipinski definition) is 2. The highest BCUT2D eigenvalue weighted by atomic mass is 16.5. The second kappa shape index (κ2) is 6.65. The van der Waals surface area contributed by atoms with E-state index >= 15 is 0 Å². The fourth-order valence-electron chi connectivity index (χ4n) is 1.25. The van der Waals surface area contributed by atoms with Gasteiger partial charge in [-0.05, 0) is 17.7 Å². The molecule has 0 saturated carbocycles. The minimum Gasteiger partial charge on any atom is -0.464 e. The number of nitrogens with one attached hydrogen (secondary N) is 1. The van der Waals surface area contributed by atoms with Gasteiger partial charge in [0.25, 0.3) is 5.91 Å². The van der Waals surface area contributed by atoms with Crippen molar-refractivity contribution in [1.82, 2.24) is 5.32 Å². The standard InChI is InChI=1S/C12H16N2O3/c1-9(15)17-7-6-14-12(16)11-4-2-10(8-13)3-5-11/h2-5H,6-8,13H2,1H3,(H,14,16). The maximum absolute atomic E-state index is 11.6. The first kappa shape index (κ1) is 13.2. The predicted molar refractivity (Wildman–Crippen MR) is 63.3 cm³/mol. The Morgan fingerprint density at radius 2 is 1.94 bits per heavy atom. The summed E-state index contributed by atoms with van der Waals surface area (Å²) in [5.41, 5.74) is 6.99. The molecule has 0 fully saturated rings. The topological polar surface area (TPSA) is 81.4 Å². The van der Waals surface area contributed by atoms with E-state index in [0.717, 1.165) is 5.56 Å². The first-order valence-electron chi connectivity index (χ1n) is 5.34. The summed E-state index contributed by atoms with van der Waals surface area (Å²) in [5, 5.41) is 2.64. The molecule has 0 spiro atoms. The zero-order valence-corrected chi connectivity index (χ0v) is 9.73. The van der Waals surface area contributed by atoms with Gasteiger partial charge in [-0.3, -0.25) is 9.59 Å². The Bertz CT molecular complexity index is 387. The van der Waals surface area contributed by atoms with Crippen molar-refractivity contribution in [2.45, 2.75) is 13.5 Å². The average Bonchev–Trinajstić information content (AvgIpc) is 2.34. The lowest BCUT2D eigenvalue weighted by atomic mass is 10.1. The molecular weight excluding hydrogens is 220 g/mol. The third-order valence-corrected chi connectivity index (χ3v) is 2.14. The Hall–Kier alpha value is -1.88. The molecule has 5 nitrogen and oxygen atoms in total. The van der Waals surface area contributed by atoms with E-state index in [-0.39, 0.29) is 18.5 Å². The van der Waals surface area contributed by atoms with Gasteiger partial charge in [0.1, 0.15) is 6.61 Å². The molecule has 3 N–H and O–H groups in total. The quantitative estimate of drug-likeness (QED) is 0.574. The van der Waals surface area contributed by atoms with Crippen molar-refractivity contribution in [3.63, 3.8) is 0 Å². The molecule has 0 saturated heterocycles. The molecule has 1 rings (SSSR count). The van der Waals surface area contributed by atoms with E-state index in [1.54, 1.807) is 24.3 Å². The smallest absolute Gasteiger partial charge is 0.302 e. The number of amides is 1. The van der Waals surface area contributed by atoms with Crippen molar-refractivity contribution in [2.75, 3.05) is 13.2 Å². The molecular formula is C12H16N2O3. The van der Waals surface area contributed by atoms with Crippen LogP contribution in [-0.2, 0) is 16.1 Å². The van der Waals surface area contributed by atoms with Crippen LogP contribution in [-0.4, -0.2) is 25.0 Å². The van der Waals surface area contributed by atoms with Crippen LogP contribution in [0.25, 0.3) is 0 Å². The minimum absolute atomic E-state index is 0.182. The number of hydrogen-bond acceptors (Lipinski definition) is 4. The number of carbonyl (C=O) groups excluding carboxylic acids is 2. The predicted octanol–water partition coefficient (Wildman–Crippen LogP) is 0.438. The van der Waals surface area contributed by atoms with E-state index in [4.69, 9.17) is 10.5 Å². The Morgan fingerprint density at radius 3 is 2.47 bits per heavy atom. The Balaban J connectivity index is 2.38. The van der Waals surface area contributed by atoms with Gasteiger partial charge in [0.15, 0.2) is 0 Å². The first-order chi connectivity index (χ1) is 8.13. The summed E-state index contributed by atoms with van der Waals surface area (Å²) < 4.78 is 4.69. The van der Waals surface area contributed by atoms with Gasteiger partial charge in [0.05, 0.1) is 6.54 Å². The number of rotatable bonds is 5. The van der Waals surface area contributed by atoms with Gasteiger partial charge in [-0.2, -0.15) is 0 Å². The fourth-order valence-corrected chi connectivity index (χ4v) is 1.25. The second-order valence-corrected chi connectivity index (χ2v) is 3.50. The van der Waals surface area contributed by atoms with Crippen LogP contribution in [0.2, 0.25) is 0 Å². The van der Waals surface area contributed by atoms with E-state index in [0.29, 0.717) is 18.7 Å². The largest absolute Gasteiger partial charge is 0.464 e. The van der Waals surface area contributed by atoms with Crippen molar-refractivity contribution in [2.24, 2.45) is 5.73 Å². The van der Waals surface area contributed by atoms with Crippen molar-refractivity contribution >= 4 is 11.9 Å². The van der Waals surface area contributed by atoms with Crippen molar-refractivity contribution < 1.29 is 14.3 Å². The third kappa shape index (κ3) is 4.65. The van der Waals surface area contributed by atoms with Gasteiger partial charge in [-0.25, -0.2) is 0 Å². The van der Waals surface area contributed by atoms with Crippen LogP contribution in [0.1, 0.15) is 22.8 Å². The number of nitrogens with two attached hydrogens (primary N) is 1. The van der Waals surface area contributed by atoms with Crippen LogP contribution in [0.5, 0.6) is 0 Å². The third-order valence-electron chi connectivity index (χ3n) is 2.14. The molecule has 0 aromatic heterocycles. The number of benzene rings is 1. The lowest BCUT2D eigenvalue weighted by Crippen LogP contribution is -2.27. The molecule has 0 atom stereocenters. The maximum Gasteiger partial charge on any atom is 0.302 e. The molecule has 0 heterocycles. The highest BCUT2D eigenvalue weighted by molar-refractivity contribution is 5.94. The van der Waals surface area contributed by atoms with Gasteiger partial charge in [-0.1, -0.05) is 12.1 Å². The van der Waals surface area contributed by atoms with E-state index in [9.17, 15) is 9.59 Å². The maximum atomic E-state index is 11.6. The fraction of sp³-hybridized carbons (Fsp3) is 0.333. The lowest BCUT2D eigenvalue weighted by molar-refractivity contribution is -0.140. The van der Waals surface area contributed by atoms with Gasteiger partial charge in [0.2, 0.25) is 0 Å². The van der Waals surface area contributed by atoms with Gasteiger partial charge in [-0.15, -0.1) is 0 Å². The molecule has 1 aromatic rings. The number of carbonyl (C=O) groups is 2. The van der Waals surface area contributed by atoms with Gasteiger partial charge in [0, 0.05) is 19.0 Å². The van der Waals surface area contributed by atoms with Crippen LogP contribution >= 0.6 is 0 Å². The lowest BCUT2D eigenvalue weighted by Gasteiger charge is -2.05.